The fourth-order valence-corrected chi connectivity index (χ4v) is 2.18. The molecule has 0 bridgehead atoms. The molecule has 0 aliphatic carbocycles. The van der Waals surface area contributed by atoms with Gasteiger partial charge in [0.05, 0.1) is 12.7 Å². The highest BCUT2D eigenvalue weighted by Crippen LogP contribution is 2.25. The van der Waals surface area contributed by atoms with Gasteiger partial charge in [0.25, 0.3) is 0 Å². The van der Waals surface area contributed by atoms with Crippen molar-refractivity contribution in [3.63, 3.8) is 0 Å². The molecule has 2 aliphatic heterocycles. The average Bonchev–Trinajstić information content (AvgIpc) is 2.53. The Morgan fingerprint density at radius 3 is 2.67 bits per heavy atom. The molecular formula is C10H18N2O6. The number of nitrogens with zero attached hydrogens (tertiary/aromatic N) is 1. The number of β-amino-alcohol motifs (C(OH)–C–C–N with tert-alkyl or cyclic N) is 1. The molecule has 0 aromatic rings. The van der Waals surface area contributed by atoms with Crippen LogP contribution in [0.15, 0.2) is 0 Å². The molecule has 2 heterocycles. The molecule has 2 amide bonds. The van der Waals surface area contributed by atoms with Gasteiger partial charge in [-0.25, -0.2) is 4.79 Å². The van der Waals surface area contributed by atoms with E-state index >= 15 is 0 Å². The molecule has 5 atom stereocenters. The standard InChI is InChI=1S/C10H18N2O6/c13-4-6-7(15)8(16)9(18-6)12-2-1-5(14)3-11-10(12)17/h5-9,13-16H,1-4H2,(H,11,17)/t5-,6-,7-,8-,9-/m1/s1. The van der Waals surface area contributed by atoms with Crippen molar-refractivity contribution in [1.29, 1.82) is 0 Å². The van der Waals surface area contributed by atoms with Gasteiger partial charge in [0, 0.05) is 13.1 Å². The second kappa shape index (κ2) is 5.37. The second-order valence-corrected chi connectivity index (χ2v) is 4.55. The summed E-state index contributed by atoms with van der Waals surface area (Å²) in [4.78, 5) is 13.0. The number of carbonyl (C=O) groups is 1. The maximum atomic E-state index is 11.8. The molecule has 18 heavy (non-hydrogen) atoms. The van der Waals surface area contributed by atoms with E-state index in [0.717, 1.165) is 0 Å². The molecule has 2 saturated heterocycles. The van der Waals surface area contributed by atoms with Crippen molar-refractivity contribution in [2.24, 2.45) is 0 Å². The maximum absolute atomic E-state index is 11.8. The van der Waals surface area contributed by atoms with Crippen LogP contribution in [0.3, 0.4) is 0 Å². The summed E-state index contributed by atoms with van der Waals surface area (Å²) in [7, 11) is 0. The van der Waals surface area contributed by atoms with Gasteiger partial charge in [0.2, 0.25) is 0 Å². The van der Waals surface area contributed by atoms with Gasteiger partial charge in [0.15, 0.2) is 6.23 Å². The van der Waals surface area contributed by atoms with E-state index in [1.807, 2.05) is 0 Å². The van der Waals surface area contributed by atoms with E-state index in [-0.39, 0.29) is 13.1 Å². The summed E-state index contributed by atoms with van der Waals surface area (Å²) in [6.45, 7) is -0.0868. The number of hydrogen-bond acceptors (Lipinski definition) is 6. The molecule has 0 unspecified atom stereocenters. The van der Waals surface area contributed by atoms with Crippen LogP contribution in [0.4, 0.5) is 4.79 Å². The molecule has 5 N–H and O–H groups in total. The van der Waals surface area contributed by atoms with Gasteiger partial charge in [-0.2, -0.15) is 0 Å². The van der Waals surface area contributed by atoms with Crippen LogP contribution in [-0.4, -0.2) is 81.7 Å². The summed E-state index contributed by atoms with van der Waals surface area (Å²) in [6, 6.07) is -0.471. The number of ether oxygens (including phenoxy) is 1. The van der Waals surface area contributed by atoms with Crippen molar-refractivity contribution >= 4 is 6.03 Å². The first-order chi connectivity index (χ1) is 8.54. The fraction of sp³-hybridized carbons (Fsp3) is 0.900. The van der Waals surface area contributed by atoms with E-state index in [9.17, 15) is 20.1 Å². The number of rotatable bonds is 2. The molecule has 0 aromatic heterocycles. The van der Waals surface area contributed by atoms with E-state index in [0.29, 0.717) is 6.42 Å². The number of carbonyl (C=O) groups excluding carboxylic acids is 1. The summed E-state index contributed by atoms with van der Waals surface area (Å²) in [5.41, 5.74) is 0. The zero-order valence-corrected chi connectivity index (χ0v) is 9.77. The average molecular weight is 262 g/mol. The molecule has 8 heteroatoms. The van der Waals surface area contributed by atoms with Gasteiger partial charge in [-0.3, -0.25) is 4.90 Å². The number of hydrogen-bond donors (Lipinski definition) is 5. The topological polar surface area (TPSA) is 122 Å². The quantitative estimate of drug-likeness (QED) is 0.366. The van der Waals surface area contributed by atoms with E-state index in [1.54, 1.807) is 0 Å². The molecular weight excluding hydrogens is 244 g/mol. The SMILES string of the molecule is O=C1NC[C@H](O)CCN1[C@@H]1O[C@H](CO)[C@@H](O)[C@H]1O. The van der Waals surface area contributed by atoms with Crippen molar-refractivity contribution < 1.29 is 30.0 Å². The first-order valence-electron chi connectivity index (χ1n) is 5.89. The largest absolute Gasteiger partial charge is 0.394 e. The van der Waals surface area contributed by atoms with Crippen LogP contribution < -0.4 is 5.32 Å². The molecule has 2 fully saturated rings. The van der Waals surface area contributed by atoms with Crippen molar-refractivity contribution in [3.05, 3.63) is 0 Å². The lowest BCUT2D eigenvalue weighted by molar-refractivity contribution is -0.0791. The zero-order chi connectivity index (χ0) is 13.3. The number of nitrogens with one attached hydrogen (secondary N) is 1. The van der Waals surface area contributed by atoms with Crippen LogP contribution >= 0.6 is 0 Å². The Hall–Kier alpha value is -0.930. The number of aliphatic hydroxyl groups is 4. The Kier molecular flexibility index (Phi) is 4.03. The minimum absolute atomic E-state index is 0.143. The van der Waals surface area contributed by atoms with Gasteiger partial charge in [-0.1, -0.05) is 0 Å². The third kappa shape index (κ3) is 2.43. The summed E-state index contributed by atoms with van der Waals surface area (Å²) in [6.07, 6.45) is -4.72. The van der Waals surface area contributed by atoms with E-state index in [1.165, 1.54) is 4.90 Å². The monoisotopic (exact) mass is 262 g/mol. The summed E-state index contributed by atoms with van der Waals surface area (Å²) >= 11 is 0. The molecule has 0 radical (unpaired) electrons. The highest BCUT2D eigenvalue weighted by molar-refractivity contribution is 5.74. The Labute approximate surface area is 104 Å². The number of aliphatic hydroxyl groups excluding tert-OH is 4. The Morgan fingerprint density at radius 2 is 2.06 bits per heavy atom. The highest BCUT2D eigenvalue weighted by atomic mass is 16.6. The van der Waals surface area contributed by atoms with Gasteiger partial charge in [0.1, 0.15) is 18.3 Å². The minimum Gasteiger partial charge on any atom is -0.394 e. The Morgan fingerprint density at radius 1 is 1.33 bits per heavy atom. The van der Waals surface area contributed by atoms with Crippen LogP contribution in [0.25, 0.3) is 0 Å². The third-order valence-corrected chi connectivity index (χ3v) is 3.28. The van der Waals surface area contributed by atoms with Crippen LogP contribution in [0.2, 0.25) is 0 Å². The van der Waals surface area contributed by atoms with E-state index in [4.69, 9.17) is 9.84 Å². The zero-order valence-electron chi connectivity index (χ0n) is 9.77. The van der Waals surface area contributed by atoms with Gasteiger partial charge in [-0.05, 0) is 6.42 Å². The minimum atomic E-state index is -1.27. The predicted octanol–water partition coefficient (Wildman–Crippen LogP) is -2.80. The summed E-state index contributed by atoms with van der Waals surface area (Å²) < 4.78 is 5.27. The number of amides is 2. The van der Waals surface area contributed by atoms with Crippen LogP contribution in [0.5, 0.6) is 0 Å². The van der Waals surface area contributed by atoms with E-state index < -0.39 is 43.3 Å². The Bertz CT molecular complexity index is 315. The molecule has 8 nitrogen and oxygen atoms in total. The molecule has 0 saturated carbocycles. The van der Waals surface area contributed by atoms with Crippen molar-refractivity contribution in [1.82, 2.24) is 10.2 Å². The van der Waals surface area contributed by atoms with Crippen molar-refractivity contribution in [2.75, 3.05) is 19.7 Å². The van der Waals surface area contributed by atoms with Gasteiger partial charge in [-0.15, -0.1) is 0 Å². The molecule has 104 valence electrons. The first-order valence-corrected chi connectivity index (χ1v) is 5.89. The third-order valence-electron chi connectivity index (χ3n) is 3.28. The fourth-order valence-electron chi connectivity index (χ4n) is 2.18. The molecule has 0 spiro atoms. The lowest BCUT2D eigenvalue weighted by Gasteiger charge is -2.28. The molecule has 0 aromatic carbocycles. The van der Waals surface area contributed by atoms with Crippen LogP contribution in [0.1, 0.15) is 6.42 Å². The van der Waals surface area contributed by atoms with Crippen LogP contribution in [-0.2, 0) is 4.74 Å². The normalized spacial score (nSPS) is 41.7. The van der Waals surface area contributed by atoms with Crippen LogP contribution in [0, 0.1) is 0 Å². The Balaban J connectivity index is 2.08. The van der Waals surface area contributed by atoms with Crippen molar-refractivity contribution in [2.45, 2.75) is 37.1 Å². The highest BCUT2D eigenvalue weighted by Gasteiger charge is 2.46. The van der Waals surface area contributed by atoms with Gasteiger partial charge < -0.3 is 30.5 Å². The van der Waals surface area contributed by atoms with Gasteiger partial charge >= 0.3 is 6.03 Å². The predicted molar refractivity (Wildman–Crippen MR) is 58.5 cm³/mol. The first kappa shape index (κ1) is 13.5. The number of urea groups is 1. The smallest absolute Gasteiger partial charge is 0.319 e. The van der Waals surface area contributed by atoms with E-state index in [2.05, 4.69) is 5.32 Å². The maximum Gasteiger partial charge on any atom is 0.319 e. The second-order valence-electron chi connectivity index (χ2n) is 4.55. The summed E-state index contributed by atoms with van der Waals surface area (Å²) in [5, 5.41) is 40.4. The lowest BCUT2D eigenvalue weighted by Crippen LogP contribution is -2.50. The summed E-state index contributed by atoms with van der Waals surface area (Å²) in [5.74, 6) is 0. The lowest BCUT2D eigenvalue weighted by atomic mass is 10.1. The van der Waals surface area contributed by atoms with Crippen molar-refractivity contribution in [3.8, 4) is 0 Å². The molecule has 2 aliphatic rings. The molecule has 2 rings (SSSR count).